The van der Waals surface area contributed by atoms with E-state index in [1.165, 1.54) is 28.6 Å². The Morgan fingerprint density at radius 3 is 2.31 bits per heavy atom. The van der Waals surface area contributed by atoms with Gasteiger partial charge in [-0.25, -0.2) is 13.2 Å². The van der Waals surface area contributed by atoms with E-state index in [1.54, 1.807) is 0 Å². The molecular weight excluding hydrogens is 396 g/mol. The number of nitrogens with zero attached hydrogens (tertiary/aromatic N) is 1. The van der Waals surface area contributed by atoms with Crippen LogP contribution in [0.15, 0.2) is 29.2 Å². The minimum atomic E-state index is -3.67. The Labute approximate surface area is 171 Å². The second-order valence-electron chi connectivity index (χ2n) is 7.87. The van der Waals surface area contributed by atoms with Crippen LogP contribution in [0, 0.1) is 5.92 Å². The highest BCUT2D eigenvalue weighted by Gasteiger charge is 2.32. The molecule has 0 unspecified atom stereocenters. The van der Waals surface area contributed by atoms with Gasteiger partial charge in [0.1, 0.15) is 0 Å². The first-order valence-corrected chi connectivity index (χ1v) is 11.3. The number of benzene rings is 1. The normalized spacial score (nSPS) is 24.0. The van der Waals surface area contributed by atoms with Gasteiger partial charge in [0.25, 0.3) is 5.91 Å². The maximum absolute atomic E-state index is 12.8. The van der Waals surface area contributed by atoms with Crippen molar-refractivity contribution in [1.82, 2.24) is 9.62 Å². The van der Waals surface area contributed by atoms with Crippen LogP contribution in [0.25, 0.3) is 0 Å². The Hall–Kier alpha value is -1.97. The number of rotatable bonds is 7. The van der Waals surface area contributed by atoms with Crippen molar-refractivity contribution in [2.24, 2.45) is 5.92 Å². The SMILES string of the molecule is C[C@@H]1CN(S(=O)(=O)c2ccc(C(=O)OCC(=O)N[C@@H](C)C3CC3)cc2)C[C@@H](C)O1. The predicted octanol–water partition coefficient (Wildman–Crippen LogP) is 1.56. The third-order valence-corrected chi connectivity index (χ3v) is 7.01. The summed E-state index contributed by atoms with van der Waals surface area (Å²) in [7, 11) is -3.67. The number of carbonyl (C=O) groups is 2. The van der Waals surface area contributed by atoms with E-state index in [0.717, 1.165) is 12.8 Å². The van der Waals surface area contributed by atoms with Gasteiger partial charge in [-0.15, -0.1) is 0 Å². The van der Waals surface area contributed by atoms with Gasteiger partial charge in [-0.05, 0) is 63.8 Å². The van der Waals surface area contributed by atoms with Crippen LogP contribution < -0.4 is 5.32 Å². The lowest BCUT2D eigenvalue weighted by molar-refractivity contribution is -0.124. The number of hydrogen-bond donors (Lipinski definition) is 1. The topological polar surface area (TPSA) is 102 Å². The lowest BCUT2D eigenvalue weighted by Crippen LogP contribution is -2.48. The summed E-state index contributed by atoms with van der Waals surface area (Å²) >= 11 is 0. The molecule has 1 N–H and O–H groups in total. The van der Waals surface area contributed by atoms with E-state index in [2.05, 4.69) is 5.32 Å². The smallest absolute Gasteiger partial charge is 0.338 e. The molecule has 1 heterocycles. The monoisotopic (exact) mass is 424 g/mol. The van der Waals surface area contributed by atoms with E-state index in [-0.39, 0.29) is 54.3 Å². The number of amides is 1. The molecule has 2 aliphatic rings. The Bertz CT molecular complexity index is 840. The molecule has 0 spiro atoms. The minimum absolute atomic E-state index is 0.0799. The summed E-state index contributed by atoms with van der Waals surface area (Å²) in [4.78, 5) is 24.1. The average Bonchev–Trinajstić information content (AvgIpc) is 3.51. The summed E-state index contributed by atoms with van der Waals surface area (Å²) in [5.74, 6) is -0.495. The summed E-state index contributed by atoms with van der Waals surface area (Å²) in [6.45, 7) is 5.80. The minimum Gasteiger partial charge on any atom is -0.452 e. The third-order valence-electron chi connectivity index (χ3n) is 5.17. The van der Waals surface area contributed by atoms with Gasteiger partial charge in [0.15, 0.2) is 6.61 Å². The molecule has 0 radical (unpaired) electrons. The second-order valence-corrected chi connectivity index (χ2v) is 9.81. The summed E-state index contributed by atoms with van der Waals surface area (Å²) in [6, 6.07) is 5.63. The van der Waals surface area contributed by atoms with E-state index in [4.69, 9.17) is 9.47 Å². The van der Waals surface area contributed by atoms with Gasteiger partial charge in [-0.3, -0.25) is 4.79 Å². The zero-order chi connectivity index (χ0) is 21.2. The van der Waals surface area contributed by atoms with E-state index in [1.807, 2.05) is 20.8 Å². The fourth-order valence-corrected chi connectivity index (χ4v) is 5.05. The summed E-state index contributed by atoms with van der Waals surface area (Å²) in [5, 5.41) is 2.81. The number of esters is 1. The summed E-state index contributed by atoms with van der Waals surface area (Å²) < 4.78 is 37.7. The zero-order valence-electron chi connectivity index (χ0n) is 17.0. The Balaban J connectivity index is 1.57. The quantitative estimate of drug-likeness (QED) is 0.667. The van der Waals surface area contributed by atoms with Gasteiger partial charge in [0.05, 0.1) is 22.7 Å². The largest absolute Gasteiger partial charge is 0.452 e. The molecule has 1 saturated carbocycles. The predicted molar refractivity (Wildman–Crippen MR) is 106 cm³/mol. The van der Waals surface area contributed by atoms with Crippen LogP contribution in [-0.4, -0.2) is 62.5 Å². The highest BCUT2D eigenvalue weighted by Crippen LogP contribution is 2.32. The molecule has 160 valence electrons. The molecule has 8 nitrogen and oxygen atoms in total. The third kappa shape index (κ3) is 5.55. The molecule has 9 heteroatoms. The van der Waals surface area contributed by atoms with Crippen molar-refractivity contribution in [3.8, 4) is 0 Å². The molecule has 1 aromatic rings. The van der Waals surface area contributed by atoms with E-state index < -0.39 is 16.0 Å². The van der Waals surface area contributed by atoms with Crippen LogP contribution in [0.5, 0.6) is 0 Å². The van der Waals surface area contributed by atoms with Crippen LogP contribution in [0.2, 0.25) is 0 Å². The van der Waals surface area contributed by atoms with E-state index in [9.17, 15) is 18.0 Å². The van der Waals surface area contributed by atoms with Gasteiger partial charge in [0.2, 0.25) is 10.0 Å². The molecule has 1 aliphatic carbocycles. The molecule has 0 aromatic heterocycles. The highest BCUT2D eigenvalue weighted by atomic mass is 32.2. The number of sulfonamides is 1. The van der Waals surface area contributed by atoms with Crippen molar-refractivity contribution in [3.63, 3.8) is 0 Å². The molecule has 29 heavy (non-hydrogen) atoms. The maximum atomic E-state index is 12.8. The second kappa shape index (κ2) is 8.81. The summed E-state index contributed by atoms with van der Waals surface area (Å²) in [6.07, 6.45) is 1.85. The maximum Gasteiger partial charge on any atom is 0.338 e. The van der Waals surface area contributed by atoms with Gasteiger partial charge >= 0.3 is 5.97 Å². The van der Waals surface area contributed by atoms with Crippen molar-refractivity contribution < 1.29 is 27.5 Å². The average molecular weight is 425 g/mol. The lowest BCUT2D eigenvalue weighted by atomic mass is 10.2. The molecule has 0 bridgehead atoms. The van der Waals surface area contributed by atoms with Crippen molar-refractivity contribution in [1.29, 1.82) is 0 Å². The van der Waals surface area contributed by atoms with Gasteiger partial charge in [0, 0.05) is 19.1 Å². The molecule has 1 aromatic carbocycles. The fraction of sp³-hybridized carbons (Fsp3) is 0.600. The Kier molecular flexibility index (Phi) is 6.60. The molecule has 1 aliphatic heterocycles. The Morgan fingerprint density at radius 1 is 1.17 bits per heavy atom. The molecular formula is C20H28N2O6S. The fourth-order valence-electron chi connectivity index (χ4n) is 3.46. The van der Waals surface area contributed by atoms with Crippen molar-refractivity contribution >= 4 is 21.9 Å². The number of morpholine rings is 1. The summed E-state index contributed by atoms with van der Waals surface area (Å²) in [5.41, 5.74) is 0.190. The first-order chi connectivity index (χ1) is 13.7. The lowest BCUT2D eigenvalue weighted by Gasteiger charge is -2.34. The van der Waals surface area contributed by atoms with Crippen LogP contribution >= 0.6 is 0 Å². The van der Waals surface area contributed by atoms with Gasteiger partial charge in [-0.2, -0.15) is 4.31 Å². The van der Waals surface area contributed by atoms with Gasteiger partial charge < -0.3 is 14.8 Å². The van der Waals surface area contributed by atoms with Gasteiger partial charge in [-0.1, -0.05) is 0 Å². The molecule has 2 fully saturated rings. The van der Waals surface area contributed by atoms with Crippen molar-refractivity contribution in [3.05, 3.63) is 29.8 Å². The van der Waals surface area contributed by atoms with Crippen LogP contribution in [0.4, 0.5) is 0 Å². The van der Waals surface area contributed by atoms with Crippen LogP contribution in [0.1, 0.15) is 44.0 Å². The number of hydrogen-bond acceptors (Lipinski definition) is 6. The Morgan fingerprint density at radius 2 is 1.76 bits per heavy atom. The first-order valence-electron chi connectivity index (χ1n) is 9.89. The molecule has 3 rings (SSSR count). The zero-order valence-corrected chi connectivity index (χ0v) is 17.8. The number of carbonyl (C=O) groups excluding carboxylic acids is 2. The van der Waals surface area contributed by atoms with Crippen LogP contribution in [-0.2, 0) is 24.3 Å². The molecule has 1 saturated heterocycles. The van der Waals surface area contributed by atoms with Crippen molar-refractivity contribution in [2.75, 3.05) is 19.7 Å². The van der Waals surface area contributed by atoms with Crippen LogP contribution in [0.3, 0.4) is 0 Å². The van der Waals surface area contributed by atoms with E-state index >= 15 is 0 Å². The van der Waals surface area contributed by atoms with Crippen molar-refractivity contribution in [2.45, 2.75) is 56.8 Å². The van der Waals surface area contributed by atoms with E-state index in [0.29, 0.717) is 5.92 Å². The number of nitrogens with one attached hydrogen (secondary N) is 1. The standard InChI is InChI=1S/C20H28N2O6S/c1-13-10-22(11-14(2)28-13)29(25,26)18-8-6-17(7-9-18)20(24)27-12-19(23)21-15(3)16-4-5-16/h6-9,13-16H,4-5,10-12H2,1-3H3,(H,21,23)/t13-,14-,15+/m1/s1. The first kappa shape index (κ1) is 21.7. The highest BCUT2D eigenvalue weighted by molar-refractivity contribution is 7.89. The molecule has 1 amide bonds. The molecule has 3 atom stereocenters. The number of ether oxygens (including phenoxy) is 2.